The molecule has 0 spiro atoms. The molecule has 4 aromatic rings. The van der Waals surface area contributed by atoms with Crippen LogP contribution in [0.5, 0.6) is 5.75 Å². The van der Waals surface area contributed by atoms with Crippen LogP contribution in [0.15, 0.2) is 54.9 Å². The maximum Gasteiger partial charge on any atom is 0.242 e. The summed E-state index contributed by atoms with van der Waals surface area (Å²) in [6.45, 7) is 7.42. The van der Waals surface area contributed by atoms with E-state index in [4.69, 9.17) is 9.84 Å². The number of fused-ring (bicyclic) bond motifs is 1. The molecule has 0 unspecified atom stereocenters. The monoisotopic (exact) mass is 431 g/mol. The second-order valence-electron chi connectivity index (χ2n) is 7.97. The van der Waals surface area contributed by atoms with Crippen molar-refractivity contribution in [2.75, 3.05) is 6.61 Å². The molecule has 1 N–H and O–H groups in total. The lowest BCUT2D eigenvalue weighted by molar-refractivity contribution is -0.121. The predicted octanol–water partition coefficient (Wildman–Crippen LogP) is 4.33. The van der Waals surface area contributed by atoms with Crippen molar-refractivity contribution in [2.45, 2.75) is 46.7 Å². The number of carbonyl (C=O) groups is 1. The standard InChI is InChI=1S/C25H29N5O2/c1-4-5-14-32-21-10-8-20(9-11-21)16-26-22(31)17-30-24-23(18(2)15-19(3)27-24)25(28-30)29-12-6-7-13-29/h6-13,15H,4-5,14,16-17H2,1-3H3,(H,26,31). The summed E-state index contributed by atoms with van der Waals surface area (Å²) in [6, 6.07) is 13.8. The Morgan fingerprint density at radius 2 is 1.88 bits per heavy atom. The third-order valence-corrected chi connectivity index (χ3v) is 5.33. The zero-order valence-corrected chi connectivity index (χ0v) is 18.8. The first-order chi connectivity index (χ1) is 15.5. The van der Waals surface area contributed by atoms with Crippen LogP contribution in [-0.4, -0.2) is 31.8 Å². The van der Waals surface area contributed by atoms with Gasteiger partial charge in [-0.15, -0.1) is 0 Å². The molecule has 3 aromatic heterocycles. The SMILES string of the molecule is CCCCOc1ccc(CNC(=O)Cn2nc(-n3cccc3)c3c(C)cc(C)nc32)cc1. The van der Waals surface area contributed by atoms with E-state index in [1.54, 1.807) is 4.68 Å². The zero-order valence-electron chi connectivity index (χ0n) is 18.8. The van der Waals surface area contributed by atoms with Gasteiger partial charge in [0.2, 0.25) is 5.91 Å². The van der Waals surface area contributed by atoms with Gasteiger partial charge < -0.3 is 14.6 Å². The minimum absolute atomic E-state index is 0.103. The molecule has 0 bridgehead atoms. The summed E-state index contributed by atoms with van der Waals surface area (Å²) in [5, 5.41) is 8.65. The average Bonchev–Trinajstić information content (AvgIpc) is 3.42. The molecule has 0 aliphatic heterocycles. The van der Waals surface area contributed by atoms with Crippen molar-refractivity contribution in [1.29, 1.82) is 0 Å². The summed E-state index contributed by atoms with van der Waals surface area (Å²) in [5.41, 5.74) is 3.72. The number of hydrogen-bond donors (Lipinski definition) is 1. The summed E-state index contributed by atoms with van der Waals surface area (Å²) in [6.07, 6.45) is 6.04. The van der Waals surface area contributed by atoms with E-state index in [-0.39, 0.29) is 12.5 Å². The molecular formula is C25H29N5O2. The Kier molecular flexibility index (Phi) is 6.54. The number of hydrogen-bond acceptors (Lipinski definition) is 4. The Bertz CT molecular complexity index is 1190. The van der Waals surface area contributed by atoms with Gasteiger partial charge in [-0.1, -0.05) is 25.5 Å². The highest BCUT2D eigenvalue weighted by molar-refractivity contribution is 5.88. The van der Waals surface area contributed by atoms with Crippen molar-refractivity contribution in [3.8, 4) is 11.6 Å². The molecule has 0 aliphatic rings. The molecule has 1 amide bonds. The minimum Gasteiger partial charge on any atom is -0.494 e. The van der Waals surface area contributed by atoms with E-state index >= 15 is 0 Å². The van der Waals surface area contributed by atoms with Gasteiger partial charge >= 0.3 is 0 Å². The number of unbranched alkanes of at least 4 members (excludes halogenated alkanes) is 1. The van der Waals surface area contributed by atoms with Crippen molar-refractivity contribution in [3.63, 3.8) is 0 Å². The molecule has 4 rings (SSSR count). The number of pyridine rings is 1. The smallest absolute Gasteiger partial charge is 0.242 e. The fraction of sp³-hybridized carbons (Fsp3) is 0.320. The van der Waals surface area contributed by atoms with Gasteiger partial charge in [-0.25, -0.2) is 9.67 Å². The highest BCUT2D eigenvalue weighted by Gasteiger charge is 2.17. The van der Waals surface area contributed by atoms with Crippen molar-refractivity contribution in [1.82, 2.24) is 24.6 Å². The number of carbonyl (C=O) groups excluding carboxylic acids is 1. The van der Waals surface area contributed by atoms with Crippen LogP contribution in [0.3, 0.4) is 0 Å². The number of nitrogens with one attached hydrogen (secondary N) is 1. The van der Waals surface area contributed by atoms with Gasteiger partial charge in [0.1, 0.15) is 12.3 Å². The molecule has 7 nitrogen and oxygen atoms in total. The zero-order chi connectivity index (χ0) is 22.5. The molecule has 0 atom stereocenters. The number of aromatic nitrogens is 4. The van der Waals surface area contributed by atoms with E-state index in [0.717, 1.165) is 58.9 Å². The Morgan fingerprint density at radius 1 is 1.12 bits per heavy atom. The number of aryl methyl sites for hydroxylation is 2. The van der Waals surface area contributed by atoms with Gasteiger partial charge in [0.25, 0.3) is 0 Å². The second kappa shape index (κ2) is 9.68. The number of ether oxygens (including phenoxy) is 1. The van der Waals surface area contributed by atoms with Gasteiger partial charge in [-0.3, -0.25) is 4.79 Å². The molecule has 166 valence electrons. The molecule has 0 fully saturated rings. The van der Waals surface area contributed by atoms with E-state index in [0.29, 0.717) is 6.54 Å². The van der Waals surface area contributed by atoms with Crippen LogP contribution < -0.4 is 10.1 Å². The van der Waals surface area contributed by atoms with E-state index in [9.17, 15) is 4.79 Å². The molecular weight excluding hydrogens is 402 g/mol. The fourth-order valence-electron chi connectivity index (χ4n) is 3.69. The van der Waals surface area contributed by atoms with E-state index in [1.807, 2.05) is 73.3 Å². The number of amides is 1. The maximum atomic E-state index is 12.7. The van der Waals surface area contributed by atoms with E-state index in [2.05, 4.69) is 17.2 Å². The summed E-state index contributed by atoms with van der Waals surface area (Å²) in [4.78, 5) is 17.4. The van der Waals surface area contributed by atoms with Crippen LogP contribution in [0.4, 0.5) is 0 Å². The Labute approximate surface area is 188 Å². The van der Waals surface area contributed by atoms with E-state index < -0.39 is 0 Å². The molecule has 7 heteroatoms. The molecule has 0 saturated heterocycles. The molecule has 1 aromatic carbocycles. The quantitative estimate of drug-likeness (QED) is 0.400. The Balaban J connectivity index is 1.46. The van der Waals surface area contributed by atoms with Crippen molar-refractivity contribution in [2.24, 2.45) is 0 Å². The maximum absolute atomic E-state index is 12.7. The molecule has 3 heterocycles. The van der Waals surface area contributed by atoms with Gasteiger partial charge in [0.05, 0.1) is 12.0 Å². The Morgan fingerprint density at radius 3 is 2.59 bits per heavy atom. The molecule has 0 saturated carbocycles. The molecule has 0 radical (unpaired) electrons. The average molecular weight is 432 g/mol. The van der Waals surface area contributed by atoms with Crippen LogP contribution >= 0.6 is 0 Å². The van der Waals surface area contributed by atoms with Crippen LogP contribution in [0.1, 0.15) is 36.6 Å². The third kappa shape index (κ3) is 4.82. The van der Waals surface area contributed by atoms with Gasteiger partial charge in [0.15, 0.2) is 11.5 Å². The summed E-state index contributed by atoms with van der Waals surface area (Å²) in [7, 11) is 0. The van der Waals surface area contributed by atoms with Crippen LogP contribution in [0, 0.1) is 13.8 Å². The first-order valence-corrected chi connectivity index (χ1v) is 11.0. The van der Waals surface area contributed by atoms with Crippen molar-refractivity contribution in [3.05, 3.63) is 71.7 Å². The lowest BCUT2D eigenvalue weighted by Gasteiger charge is -2.08. The normalized spacial score (nSPS) is 11.1. The third-order valence-electron chi connectivity index (χ3n) is 5.33. The lowest BCUT2D eigenvalue weighted by Crippen LogP contribution is -2.27. The van der Waals surface area contributed by atoms with Gasteiger partial charge in [0, 0.05) is 24.6 Å². The summed E-state index contributed by atoms with van der Waals surface area (Å²) >= 11 is 0. The van der Waals surface area contributed by atoms with Crippen LogP contribution in [0.2, 0.25) is 0 Å². The first-order valence-electron chi connectivity index (χ1n) is 11.0. The van der Waals surface area contributed by atoms with Gasteiger partial charge in [-0.05, 0) is 61.7 Å². The molecule has 32 heavy (non-hydrogen) atoms. The number of rotatable bonds is 9. The van der Waals surface area contributed by atoms with Crippen molar-refractivity contribution < 1.29 is 9.53 Å². The fourth-order valence-corrected chi connectivity index (χ4v) is 3.69. The van der Waals surface area contributed by atoms with Gasteiger partial charge in [-0.2, -0.15) is 5.10 Å². The highest BCUT2D eigenvalue weighted by atomic mass is 16.5. The topological polar surface area (TPSA) is 74.0 Å². The van der Waals surface area contributed by atoms with E-state index in [1.165, 1.54) is 0 Å². The highest BCUT2D eigenvalue weighted by Crippen LogP contribution is 2.25. The number of benzene rings is 1. The minimum atomic E-state index is -0.113. The summed E-state index contributed by atoms with van der Waals surface area (Å²) in [5.74, 6) is 1.52. The van der Waals surface area contributed by atoms with Crippen molar-refractivity contribution >= 4 is 16.9 Å². The first kappa shape index (κ1) is 21.6. The largest absolute Gasteiger partial charge is 0.494 e. The Hall–Kier alpha value is -3.61. The second-order valence-corrected chi connectivity index (χ2v) is 7.97. The van der Waals surface area contributed by atoms with Crippen LogP contribution in [0.25, 0.3) is 16.9 Å². The molecule has 0 aliphatic carbocycles. The number of nitrogens with zero attached hydrogens (tertiary/aromatic N) is 4. The lowest BCUT2D eigenvalue weighted by atomic mass is 10.2. The summed E-state index contributed by atoms with van der Waals surface area (Å²) < 4.78 is 9.33. The predicted molar refractivity (Wildman–Crippen MR) is 125 cm³/mol. The van der Waals surface area contributed by atoms with Crippen LogP contribution in [-0.2, 0) is 17.9 Å².